The molecule has 5 rings (SSSR count). The molecule has 0 saturated carbocycles. The van der Waals surface area contributed by atoms with Crippen molar-refractivity contribution >= 4 is 29.4 Å². The predicted octanol–water partition coefficient (Wildman–Crippen LogP) is 5.85. The fourth-order valence-electron chi connectivity index (χ4n) is 6.26. The molecule has 2 unspecified atom stereocenters. The maximum absolute atomic E-state index is 15.1. The average molecular weight is 656 g/mol. The Hall–Kier alpha value is -3.32. The van der Waals surface area contributed by atoms with E-state index in [4.69, 9.17) is 26.1 Å². The zero-order chi connectivity index (χ0) is 33.1. The lowest BCUT2D eigenvalue weighted by atomic mass is 9.98. The molecule has 4 heterocycles. The summed E-state index contributed by atoms with van der Waals surface area (Å²) in [6.07, 6.45) is -4.55. The number of ether oxygens (including phenoxy) is 2. The Morgan fingerprint density at radius 3 is 2.51 bits per heavy atom. The second kappa shape index (κ2) is 11.8. The summed E-state index contributed by atoms with van der Waals surface area (Å²) < 4.78 is 66.8. The number of fused-ring (bicyclic) bond motifs is 2. The number of aromatic nitrogens is 1. The summed E-state index contributed by atoms with van der Waals surface area (Å²) in [5.74, 6) is -0.859. The van der Waals surface area contributed by atoms with Crippen molar-refractivity contribution in [3.63, 3.8) is 0 Å². The van der Waals surface area contributed by atoms with Gasteiger partial charge >= 0.3 is 12.3 Å². The molecule has 14 heteroatoms. The first-order chi connectivity index (χ1) is 20.9. The number of rotatable bonds is 4. The number of nitrogens with zero attached hydrogens (tertiary/aromatic N) is 5. The molecule has 9 nitrogen and oxygen atoms in total. The van der Waals surface area contributed by atoms with E-state index < -0.39 is 53.8 Å². The van der Waals surface area contributed by atoms with E-state index in [1.165, 1.54) is 35.0 Å². The summed E-state index contributed by atoms with van der Waals surface area (Å²) in [6.45, 7) is 8.59. The van der Waals surface area contributed by atoms with Gasteiger partial charge < -0.3 is 24.2 Å². The van der Waals surface area contributed by atoms with Crippen LogP contribution in [0.5, 0.6) is 5.75 Å². The van der Waals surface area contributed by atoms with Gasteiger partial charge in [0.25, 0.3) is 5.91 Å². The zero-order valence-corrected chi connectivity index (χ0v) is 26.9. The third kappa shape index (κ3) is 6.79. The molecule has 0 spiro atoms. The maximum Gasteiger partial charge on any atom is 0.410 e. The number of halogens is 5. The summed E-state index contributed by atoms with van der Waals surface area (Å²) in [5.41, 5.74) is -1.25. The number of piperazine rings is 1. The van der Waals surface area contributed by atoms with Crippen LogP contribution in [0.2, 0.25) is 5.02 Å². The van der Waals surface area contributed by atoms with Crippen molar-refractivity contribution in [2.75, 3.05) is 51.3 Å². The lowest BCUT2D eigenvalue weighted by molar-refractivity contribution is -0.146. The summed E-state index contributed by atoms with van der Waals surface area (Å²) in [7, 11) is 1.42. The van der Waals surface area contributed by atoms with E-state index in [2.05, 4.69) is 0 Å². The van der Waals surface area contributed by atoms with Crippen LogP contribution in [-0.4, -0.2) is 107 Å². The van der Waals surface area contributed by atoms with Gasteiger partial charge in [0.15, 0.2) is 5.75 Å². The topological polar surface area (TPSA) is 78.5 Å². The van der Waals surface area contributed by atoms with Crippen LogP contribution in [-0.2, 0) is 4.74 Å². The second-order valence-electron chi connectivity index (χ2n) is 13.5. The highest BCUT2D eigenvalue weighted by atomic mass is 35.5. The van der Waals surface area contributed by atoms with Crippen LogP contribution in [0.15, 0.2) is 24.3 Å². The normalized spacial score (nSPS) is 21.8. The molecule has 45 heavy (non-hydrogen) atoms. The van der Waals surface area contributed by atoms with Gasteiger partial charge in [-0.05, 0) is 60.2 Å². The van der Waals surface area contributed by atoms with Crippen molar-refractivity contribution < 1.29 is 36.6 Å². The van der Waals surface area contributed by atoms with Crippen LogP contribution in [0, 0.1) is 5.82 Å². The number of carbonyl (C=O) groups is 2. The van der Waals surface area contributed by atoms with Crippen molar-refractivity contribution in [2.45, 2.75) is 70.4 Å². The van der Waals surface area contributed by atoms with E-state index in [0.29, 0.717) is 6.42 Å². The molecule has 1 aromatic carbocycles. The van der Waals surface area contributed by atoms with Gasteiger partial charge in [-0.1, -0.05) is 23.7 Å². The fraction of sp³-hybridized carbons (Fsp3) is 0.581. The molecular weight excluding hydrogens is 618 g/mol. The highest BCUT2D eigenvalue weighted by Crippen LogP contribution is 2.47. The minimum absolute atomic E-state index is 0.0156. The van der Waals surface area contributed by atoms with Gasteiger partial charge in [0.2, 0.25) is 0 Å². The first kappa shape index (κ1) is 33.1. The first-order valence-corrected chi connectivity index (χ1v) is 15.2. The van der Waals surface area contributed by atoms with Crippen molar-refractivity contribution in [1.82, 2.24) is 19.7 Å². The van der Waals surface area contributed by atoms with Gasteiger partial charge in [-0.25, -0.2) is 14.2 Å². The third-order valence-electron chi connectivity index (χ3n) is 8.40. The molecule has 3 aliphatic heterocycles. The molecule has 2 saturated heterocycles. The lowest BCUT2D eigenvalue weighted by Gasteiger charge is -2.40. The smallest absolute Gasteiger partial charge is 0.410 e. The van der Waals surface area contributed by atoms with Crippen LogP contribution < -0.4 is 9.64 Å². The van der Waals surface area contributed by atoms with Gasteiger partial charge in [0, 0.05) is 43.3 Å². The Balaban J connectivity index is 1.58. The highest BCUT2D eigenvalue weighted by Gasteiger charge is 2.47. The molecule has 0 bridgehead atoms. The van der Waals surface area contributed by atoms with E-state index in [1.807, 2.05) is 13.8 Å². The number of alkyl halides is 3. The fourth-order valence-corrected chi connectivity index (χ4v) is 6.55. The summed E-state index contributed by atoms with van der Waals surface area (Å²) in [5, 5.41) is -0.0567. The van der Waals surface area contributed by atoms with E-state index >= 15 is 4.39 Å². The van der Waals surface area contributed by atoms with Gasteiger partial charge in [-0.2, -0.15) is 13.2 Å². The molecule has 3 aliphatic rings. The van der Waals surface area contributed by atoms with E-state index in [9.17, 15) is 22.8 Å². The number of benzene rings is 1. The summed E-state index contributed by atoms with van der Waals surface area (Å²) >= 11 is 6.86. The molecule has 0 aliphatic carbocycles. The second-order valence-corrected chi connectivity index (χ2v) is 13.9. The van der Waals surface area contributed by atoms with E-state index in [0.717, 1.165) is 0 Å². The highest BCUT2D eigenvalue weighted by molar-refractivity contribution is 6.35. The average Bonchev–Trinajstić information content (AvgIpc) is 3.16. The Labute approximate surface area is 265 Å². The van der Waals surface area contributed by atoms with E-state index in [1.54, 1.807) is 36.6 Å². The van der Waals surface area contributed by atoms with Gasteiger partial charge in [-0.3, -0.25) is 9.69 Å². The van der Waals surface area contributed by atoms with Gasteiger partial charge in [0.05, 0.1) is 18.3 Å². The summed E-state index contributed by atoms with van der Waals surface area (Å²) in [4.78, 5) is 38.2. The SMILES string of the molecule is CN(CC(F)(F)F)C1CN(c2nc(-c3ccccc3F)c(Cl)c3c2C(=O)N2CCN(C(=O)OC(C)(C)C)CC2CO3)C(C)(C)C1. The van der Waals surface area contributed by atoms with Crippen molar-refractivity contribution in [1.29, 1.82) is 0 Å². The molecule has 2 amide bonds. The van der Waals surface area contributed by atoms with Crippen molar-refractivity contribution in [3.8, 4) is 17.0 Å². The number of hydrogen-bond acceptors (Lipinski definition) is 7. The minimum Gasteiger partial charge on any atom is -0.489 e. The molecule has 1 aromatic heterocycles. The maximum atomic E-state index is 15.1. The Morgan fingerprint density at radius 2 is 1.87 bits per heavy atom. The van der Waals surface area contributed by atoms with Crippen LogP contribution in [0.25, 0.3) is 11.3 Å². The lowest BCUT2D eigenvalue weighted by Crippen LogP contribution is -2.58. The van der Waals surface area contributed by atoms with Crippen LogP contribution in [0.4, 0.5) is 28.2 Å². The standard InChI is InChI=1S/C31H38ClF4N5O4/c1-29(2,3)45-28(43)39-11-12-40-19(14-39)16-44-25-22(27(40)42)26(37-24(23(25)32)20-9-7-8-10-21(20)33)41-15-18(13-30(41,4)5)38(6)17-31(34,35)36/h7-10,18-19H,11-17H2,1-6H3. The Bertz CT molecular complexity index is 1480. The number of pyridine rings is 1. The molecule has 2 atom stereocenters. The molecule has 2 fully saturated rings. The number of carbonyl (C=O) groups excluding carboxylic acids is 2. The Morgan fingerprint density at radius 1 is 1.18 bits per heavy atom. The van der Waals surface area contributed by atoms with Crippen molar-refractivity contribution in [2.24, 2.45) is 0 Å². The number of anilines is 1. The monoisotopic (exact) mass is 655 g/mol. The van der Waals surface area contributed by atoms with E-state index in [-0.39, 0.29) is 66.2 Å². The van der Waals surface area contributed by atoms with Crippen LogP contribution in [0.1, 0.15) is 51.4 Å². The molecule has 246 valence electrons. The number of likely N-dealkylation sites (N-methyl/N-ethyl adjacent to an activating group) is 1. The molecule has 0 N–H and O–H groups in total. The third-order valence-corrected chi connectivity index (χ3v) is 8.75. The first-order valence-electron chi connectivity index (χ1n) is 14.8. The number of amides is 2. The largest absolute Gasteiger partial charge is 0.489 e. The van der Waals surface area contributed by atoms with Crippen LogP contribution in [0.3, 0.4) is 0 Å². The quantitative estimate of drug-likeness (QED) is 0.383. The zero-order valence-electron chi connectivity index (χ0n) is 26.2. The van der Waals surface area contributed by atoms with Gasteiger partial charge in [-0.15, -0.1) is 0 Å². The van der Waals surface area contributed by atoms with Crippen molar-refractivity contribution in [3.05, 3.63) is 40.7 Å². The molecule has 2 aromatic rings. The summed E-state index contributed by atoms with van der Waals surface area (Å²) in [6, 6.07) is 4.85. The Kier molecular flexibility index (Phi) is 8.67. The van der Waals surface area contributed by atoms with Gasteiger partial charge in [0.1, 0.15) is 34.4 Å². The van der Waals surface area contributed by atoms with Crippen LogP contribution >= 0.6 is 11.6 Å². The molecular formula is C31H38ClF4N5O4. The minimum atomic E-state index is -4.39. The number of hydrogen-bond donors (Lipinski definition) is 0. The predicted molar refractivity (Wildman–Crippen MR) is 161 cm³/mol. The molecule has 0 radical (unpaired) electrons.